The fraction of sp³-hybridized carbons (Fsp3) is 0.0833. The minimum Gasteiger partial charge on any atom is -0.293 e. The Morgan fingerprint density at radius 1 is 1.18 bits per heavy atom. The van der Waals surface area contributed by atoms with Crippen molar-refractivity contribution in [2.75, 3.05) is 5.75 Å². The number of carbonyl (C=O) groups is 1. The van der Waals surface area contributed by atoms with Crippen LogP contribution in [0.15, 0.2) is 52.4 Å². The molecule has 0 N–H and O–H groups in total. The zero-order chi connectivity index (χ0) is 12.1. The Balaban J connectivity index is 1.96. The van der Waals surface area contributed by atoms with Crippen molar-refractivity contribution >= 4 is 33.5 Å². The molecule has 0 aliphatic heterocycles. The summed E-state index contributed by atoms with van der Waals surface area (Å²) in [5.74, 6) is 0.431. The highest BCUT2D eigenvalue weighted by Crippen LogP contribution is 2.15. The molecule has 0 unspecified atom stereocenters. The fourth-order valence-corrected chi connectivity index (χ4v) is 2.17. The highest BCUT2D eigenvalue weighted by Gasteiger charge is 2.07. The first-order chi connectivity index (χ1) is 8.25. The first-order valence-corrected chi connectivity index (χ1v) is 6.72. The highest BCUT2D eigenvalue weighted by atomic mass is 79.9. The van der Waals surface area contributed by atoms with Crippen LogP contribution >= 0.6 is 27.7 Å². The van der Waals surface area contributed by atoms with Gasteiger partial charge in [0.15, 0.2) is 10.9 Å². The number of thioether (sulfide) groups is 1. The van der Waals surface area contributed by atoms with Crippen LogP contribution in [0.4, 0.5) is 0 Å². The summed E-state index contributed by atoms with van der Waals surface area (Å²) < 4.78 is 0.966. The summed E-state index contributed by atoms with van der Waals surface area (Å²) in [7, 11) is 0. The van der Waals surface area contributed by atoms with Gasteiger partial charge in [0.2, 0.25) is 0 Å². The number of hydrogen-bond acceptors (Lipinski definition) is 4. The molecule has 0 bridgehead atoms. The van der Waals surface area contributed by atoms with Crippen LogP contribution in [0, 0.1) is 0 Å². The SMILES string of the molecule is O=C(CSc1ncccn1)c1ccc(Br)cc1. The molecule has 0 aliphatic rings. The summed E-state index contributed by atoms with van der Waals surface area (Å²) >= 11 is 4.68. The molecule has 1 aromatic heterocycles. The maximum atomic E-state index is 11.8. The molecule has 0 amide bonds. The van der Waals surface area contributed by atoms with Crippen LogP contribution < -0.4 is 0 Å². The van der Waals surface area contributed by atoms with Crippen molar-refractivity contribution in [2.45, 2.75) is 5.16 Å². The molecule has 3 nitrogen and oxygen atoms in total. The van der Waals surface area contributed by atoms with Crippen LogP contribution in [-0.4, -0.2) is 21.5 Å². The normalized spacial score (nSPS) is 10.2. The molecule has 1 aromatic carbocycles. The van der Waals surface area contributed by atoms with Crippen molar-refractivity contribution < 1.29 is 4.79 Å². The number of ketones is 1. The number of Topliss-reactive ketones (excluding diaryl/α,β-unsaturated/α-hetero) is 1. The second-order valence-electron chi connectivity index (χ2n) is 3.25. The van der Waals surface area contributed by atoms with Gasteiger partial charge in [-0.25, -0.2) is 9.97 Å². The molecule has 2 rings (SSSR count). The molecule has 0 atom stereocenters. The molecule has 0 fully saturated rings. The van der Waals surface area contributed by atoms with E-state index in [1.54, 1.807) is 30.6 Å². The van der Waals surface area contributed by atoms with E-state index in [-0.39, 0.29) is 5.78 Å². The van der Waals surface area contributed by atoms with Crippen LogP contribution in [0.2, 0.25) is 0 Å². The molecule has 0 aliphatic carbocycles. The monoisotopic (exact) mass is 308 g/mol. The quantitative estimate of drug-likeness (QED) is 0.494. The number of nitrogens with zero attached hydrogens (tertiary/aromatic N) is 2. The third-order valence-electron chi connectivity index (χ3n) is 2.04. The average Bonchev–Trinajstić information content (AvgIpc) is 2.38. The molecule has 5 heteroatoms. The Bertz CT molecular complexity index is 502. The molecule has 17 heavy (non-hydrogen) atoms. The fourth-order valence-electron chi connectivity index (χ4n) is 1.21. The van der Waals surface area contributed by atoms with Crippen molar-refractivity contribution in [2.24, 2.45) is 0 Å². The largest absolute Gasteiger partial charge is 0.293 e. The third kappa shape index (κ3) is 3.64. The molecule has 1 heterocycles. The Labute approximate surface area is 112 Å². The Hall–Kier alpha value is -1.20. The van der Waals surface area contributed by atoms with Gasteiger partial charge < -0.3 is 0 Å². The molecule has 86 valence electrons. The highest BCUT2D eigenvalue weighted by molar-refractivity contribution is 9.10. The smallest absolute Gasteiger partial charge is 0.187 e. The number of halogens is 1. The van der Waals surface area contributed by atoms with Crippen LogP contribution in [0.1, 0.15) is 10.4 Å². The second-order valence-corrected chi connectivity index (χ2v) is 5.11. The standard InChI is InChI=1S/C12H9BrN2OS/c13-10-4-2-9(3-5-10)11(16)8-17-12-14-6-1-7-15-12/h1-7H,8H2. The van der Waals surface area contributed by atoms with E-state index in [4.69, 9.17) is 0 Å². The molecule has 0 spiro atoms. The van der Waals surface area contributed by atoms with Crippen molar-refractivity contribution in [3.05, 3.63) is 52.8 Å². The Morgan fingerprint density at radius 2 is 1.82 bits per heavy atom. The summed E-state index contributed by atoms with van der Waals surface area (Å²) in [5, 5.41) is 0.623. The van der Waals surface area contributed by atoms with Crippen molar-refractivity contribution in [1.29, 1.82) is 0 Å². The zero-order valence-corrected chi connectivity index (χ0v) is 11.2. The van der Waals surface area contributed by atoms with E-state index in [1.165, 1.54) is 11.8 Å². The van der Waals surface area contributed by atoms with Crippen molar-refractivity contribution in [3.8, 4) is 0 Å². The molecule has 0 saturated heterocycles. The molecular formula is C12H9BrN2OS. The molecule has 0 saturated carbocycles. The number of rotatable bonds is 4. The predicted octanol–water partition coefficient (Wildman–Crippen LogP) is 3.21. The summed E-state index contributed by atoms with van der Waals surface area (Å²) in [5.41, 5.74) is 0.705. The number of carbonyl (C=O) groups excluding carboxylic acids is 1. The van der Waals surface area contributed by atoms with Gasteiger partial charge in [-0.05, 0) is 18.2 Å². The maximum Gasteiger partial charge on any atom is 0.187 e. The first kappa shape index (κ1) is 12.3. The number of hydrogen-bond donors (Lipinski definition) is 0. The van der Waals surface area contributed by atoms with Gasteiger partial charge >= 0.3 is 0 Å². The van der Waals surface area contributed by atoms with Crippen LogP contribution in [0.25, 0.3) is 0 Å². The lowest BCUT2D eigenvalue weighted by Gasteiger charge is -2.00. The maximum absolute atomic E-state index is 11.8. The lowest BCUT2D eigenvalue weighted by molar-refractivity contribution is 0.102. The number of aromatic nitrogens is 2. The van der Waals surface area contributed by atoms with Gasteiger partial charge in [0, 0.05) is 22.4 Å². The van der Waals surface area contributed by atoms with Gasteiger partial charge in [0.05, 0.1) is 5.75 Å². The van der Waals surface area contributed by atoms with Gasteiger partial charge in [0.1, 0.15) is 0 Å². The van der Waals surface area contributed by atoms with Gasteiger partial charge in [-0.1, -0.05) is 39.8 Å². The molecule has 0 radical (unpaired) electrons. The van der Waals surface area contributed by atoms with Crippen LogP contribution in [-0.2, 0) is 0 Å². The lowest BCUT2D eigenvalue weighted by Crippen LogP contribution is -2.02. The van der Waals surface area contributed by atoms with E-state index >= 15 is 0 Å². The first-order valence-electron chi connectivity index (χ1n) is 4.94. The van der Waals surface area contributed by atoms with Gasteiger partial charge in [-0.3, -0.25) is 4.79 Å². The van der Waals surface area contributed by atoms with Crippen LogP contribution in [0.5, 0.6) is 0 Å². The number of benzene rings is 1. The lowest BCUT2D eigenvalue weighted by atomic mass is 10.2. The zero-order valence-electron chi connectivity index (χ0n) is 8.84. The minimum absolute atomic E-state index is 0.0787. The Kier molecular flexibility index (Phi) is 4.28. The van der Waals surface area contributed by atoms with E-state index in [9.17, 15) is 4.79 Å². The summed E-state index contributed by atoms with van der Waals surface area (Å²) in [6.45, 7) is 0. The minimum atomic E-state index is 0.0787. The van der Waals surface area contributed by atoms with Crippen molar-refractivity contribution in [1.82, 2.24) is 9.97 Å². The van der Waals surface area contributed by atoms with Crippen LogP contribution in [0.3, 0.4) is 0 Å². The van der Waals surface area contributed by atoms with Gasteiger partial charge in [0.25, 0.3) is 0 Å². The van der Waals surface area contributed by atoms with E-state index < -0.39 is 0 Å². The van der Waals surface area contributed by atoms with Crippen molar-refractivity contribution in [3.63, 3.8) is 0 Å². The second kappa shape index (κ2) is 5.93. The van der Waals surface area contributed by atoms with E-state index in [2.05, 4.69) is 25.9 Å². The topological polar surface area (TPSA) is 42.9 Å². The summed E-state index contributed by atoms with van der Waals surface area (Å²) in [4.78, 5) is 19.9. The van der Waals surface area contributed by atoms with Gasteiger partial charge in [-0.2, -0.15) is 0 Å². The Morgan fingerprint density at radius 3 is 2.47 bits per heavy atom. The van der Waals surface area contributed by atoms with E-state index in [0.29, 0.717) is 16.5 Å². The summed E-state index contributed by atoms with van der Waals surface area (Å²) in [6.07, 6.45) is 3.33. The average molecular weight is 309 g/mol. The van der Waals surface area contributed by atoms with Gasteiger partial charge in [-0.15, -0.1) is 0 Å². The third-order valence-corrected chi connectivity index (χ3v) is 3.44. The molecule has 2 aromatic rings. The summed E-state index contributed by atoms with van der Waals surface area (Å²) in [6, 6.07) is 9.08. The van der Waals surface area contributed by atoms with E-state index in [0.717, 1.165) is 4.47 Å². The molecular weight excluding hydrogens is 300 g/mol. The van der Waals surface area contributed by atoms with E-state index in [1.807, 2.05) is 12.1 Å². The predicted molar refractivity (Wildman–Crippen MR) is 71.2 cm³/mol.